The molecule has 1 N–H and O–H groups in total. The molecule has 0 saturated carbocycles. The second kappa shape index (κ2) is 6.67. The van der Waals surface area contributed by atoms with E-state index in [1.807, 2.05) is 6.07 Å². The smallest absolute Gasteiger partial charge is 0.185 e. The van der Waals surface area contributed by atoms with Crippen molar-refractivity contribution in [1.82, 2.24) is 0 Å². The monoisotopic (exact) mass is 316 g/mol. The summed E-state index contributed by atoms with van der Waals surface area (Å²) in [4.78, 5) is 25.2. The van der Waals surface area contributed by atoms with Crippen molar-refractivity contribution in [3.05, 3.63) is 46.4 Å². The molecule has 0 atom stereocenters. The highest BCUT2D eigenvalue weighted by Crippen LogP contribution is 2.31. The highest BCUT2D eigenvalue weighted by molar-refractivity contribution is 6.24. The molecule has 0 saturated heterocycles. The van der Waals surface area contributed by atoms with Crippen LogP contribution < -0.4 is 0 Å². The standard InChI is InChI=1S/C19H24O4/c1-12-13(2)18(21)16(7-9-19(3,4)22)15(17(12)20)6-5-14-8-10-23-11-14/h8,10-11,22H,5-7,9H2,1-4H3. The molecule has 0 spiro atoms. The summed E-state index contributed by atoms with van der Waals surface area (Å²) in [7, 11) is 0. The van der Waals surface area contributed by atoms with E-state index in [4.69, 9.17) is 4.42 Å². The topological polar surface area (TPSA) is 67.5 Å². The van der Waals surface area contributed by atoms with E-state index in [0.29, 0.717) is 48.0 Å². The summed E-state index contributed by atoms with van der Waals surface area (Å²) in [6.45, 7) is 6.83. The van der Waals surface area contributed by atoms with Gasteiger partial charge in [-0.15, -0.1) is 0 Å². The summed E-state index contributed by atoms with van der Waals surface area (Å²) in [5, 5.41) is 9.94. The zero-order valence-corrected chi connectivity index (χ0v) is 14.2. The molecule has 124 valence electrons. The first-order chi connectivity index (χ1) is 10.7. The fraction of sp³-hybridized carbons (Fsp3) is 0.474. The van der Waals surface area contributed by atoms with Gasteiger partial charge in [-0.05, 0) is 65.0 Å². The van der Waals surface area contributed by atoms with Gasteiger partial charge in [-0.2, -0.15) is 0 Å². The predicted molar refractivity (Wildman–Crippen MR) is 88.0 cm³/mol. The van der Waals surface area contributed by atoms with Crippen molar-refractivity contribution in [2.24, 2.45) is 0 Å². The Morgan fingerprint density at radius 3 is 2.04 bits per heavy atom. The Hall–Kier alpha value is -1.94. The molecule has 0 aliphatic heterocycles. The Balaban J connectivity index is 2.28. The number of ketones is 2. The lowest BCUT2D eigenvalue weighted by atomic mass is 9.80. The zero-order chi connectivity index (χ0) is 17.2. The first-order valence-electron chi connectivity index (χ1n) is 7.93. The van der Waals surface area contributed by atoms with E-state index in [-0.39, 0.29) is 11.6 Å². The molecule has 0 unspecified atom stereocenters. The quantitative estimate of drug-likeness (QED) is 0.815. The number of furan rings is 1. The summed E-state index contributed by atoms with van der Waals surface area (Å²) in [5.41, 5.74) is 2.34. The maximum Gasteiger partial charge on any atom is 0.185 e. The minimum atomic E-state index is -0.865. The molecule has 23 heavy (non-hydrogen) atoms. The number of allylic oxidation sites excluding steroid dienone is 4. The molecular weight excluding hydrogens is 292 g/mol. The van der Waals surface area contributed by atoms with Crippen LogP contribution in [0.25, 0.3) is 0 Å². The van der Waals surface area contributed by atoms with Crippen LogP contribution in [0.3, 0.4) is 0 Å². The molecule has 0 fully saturated rings. The van der Waals surface area contributed by atoms with E-state index < -0.39 is 5.60 Å². The van der Waals surface area contributed by atoms with Gasteiger partial charge in [0.1, 0.15) is 0 Å². The van der Waals surface area contributed by atoms with Crippen LogP contribution in [-0.4, -0.2) is 22.3 Å². The van der Waals surface area contributed by atoms with Crippen molar-refractivity contribution in [2.45, 2.75) is 59.0 Å². The molecule has 1 aliphatic carbocycles. The van der Waals surface area contributed by atoms with E-state index >= 15 is 0 Å². The lowest BCUT2D eigenvalue weighted by Crippen LogP contribution is -2.25. The number of carbonyl (C=O) groups excluding carboxylic acids is 2. The van der Waals surface area contributed by atoms with Gasteiger partial charge in [-0.25, -0.2) is 0 Å². The number of hydrogen-bond donors (Lipinski definition) is 1. The molecule has 1 aliphatic rings. The second-order valence-corrected chi connectivity index (χ2v) is 6.81. The van der Waals surface area contributed by atoms with Crippen molar-refractivity contribution >= 4 is 11.6 Å². The average molecular weight is 316 g/mol. The number of carbonyl (C=O) groups is 2. The van der Waals surface area contributed by atoms with E-state index in [0.717, 1.165) is 5.56 Å². The molecule has 4 nitrogen and oxygen atoms in total. The minimum Gasteiger partial charge on any atom is -0.472 e. The number of aliphatic hydroxyl groups is 1. The van der Waals surface area contributed by atoms with Crippen molar-refractivity contribution in [1.29, 1.82) is 0 Å². The number of aryl methyl sites for hydroxylation is 1. The lowest BCUT2D eigenvalue weighted by Gasteiger charge is -2.23. The number of hydrogen-bond acceptors (Lipinski definition) is 4. The molecule has 1 aromatic rings. The Morgan fingerprint density at radius 1 is 1.00 bits per heavy atom. The Morgan fingerprint density at radius 2 is 1.57 bits per heavy atom. The maximum atomic E-state index is 12.6. The van der Waals surface area contributed by atoms with E-state index in [2.05, 4.69) is 0 Å². The Bertz CT molecular complexity index is 667. The van der Waals surface area contributed by atoms with Crippen LogP contribution in [0.2, 0.25) is 0 Å². The normalized spacial score (nSPS) is 16.6. The molecule has 0 amide bonds. The van der Waals surface area contributed by atoms with Gasteiger partial charge in [0.15, 0.2) is 11.6 Å². The second-order valence-electron chi connectivity index (χ2n) is 6.81. The summed E-state index contributed by atoms with van der Waals surface area (Å²) >= 11 is 0. The van der Waals surface area contributed by atoms with Crippen LogP contribution >= 0.6 is 0 Å². The molecule has 0 bridgehead atoms. The third kappa shape index (κ3) is 4.08. The molecule has 1 aromatic heterocycles. The lowest BCUT2D eigenvalue weighted by molar-refractivity contribution is -0.116. The number of Topliss-reactive ketones (excluding diaryl/α,β-unsaturated/α-hetero) is 2. The summed E-state index contributed by atoms with van der Waals surface area (Å²) in [6, 6.07) is 1.86. The van der Waals surface area contributed by atoms with Gasteiger partial charge in [-0.3, -0.25) is 9.59 Å². The SMILES string of the molecule is CC1=C(C)C(=O)C(CCC(C)(C)O)=C(CCc2ccoc2)C1=O. The van der Waals surface area contributed by atoms with Crippen LogP contribution in [-0.2, 0) is 16.0 Å². The van der Waals surface area contributed by atoms with Crippen LogP contribution in [0, 0.1) is 0 Å². The van der Waals surface area contributed by atoms with Gasteiger partial charge in [0.25, 0.3) is 0 Å². The molecule has 0 radical (unpaired) electrons. The van der Waals surface area contributed by atoms with Gasteiger partial charge < -0.3 is 9.52 Å². The van der Waals surface area contributed by atoms with Gasteiger partial charge in [0, 0.05) is 22.3 Å². The van der Waals surface area contributed by atoms with Gasteiger partial charge in [0.2, 0.25) is 0 Å². The molecular formula is C19H24O4. The fourth-order valence-corrected chi connectivity index (χ4v) is 2.73. The van der Waals surface area contributed by atoms with E-state index in [1.165, 1.54) is 0 Å². The minimum absolute atomic E-state index is 0.0451. The van der Waals surface area contributed by atoms with E-state index in [9.17, 15) is 14.7 Å². The Labute approximate surface area is 136 Å². The highest BCUT2D eigenvalue weighted by atomic mass is 16.3. The summed E-state index contributed by atoms with van der Waals surface area (Å²) in [5.74, 6) is -0.107. The molecule has 1 heterocycles. The zero-order valence-electron chi connectivity index (χ0n) is 14.2. The molecule has 2 rings (SSSR count). The highest BCUT2D eigenvalue weighted by Gasteiger charge is 2.30. The maximum absolute atomic E-state index is 12.6. The summed E-state index contributed by atoms with van der Waals surface area (Å²) in [6.07, 6.45) is 5.28. The Kier molecular flexibility index (Phi) is 5.05. The van der Waals surface area contributed by atoms with Crippen molar-refractivity contribution in [2.75, 3.05) is 0 Å². The largest absolute Gasteiger partial charge is 0.472 e. The van der Waals surface area contributed by atoms with Gasteiger partial charge in [0.05, 0.1) is 18.1 Å². The first kappa shape index (κ1) is 17.4. The van der Waals surface area contributed by atoms with Crippen LogP contribution in [0.1, 0.15) is 52.5 Å². The fourth-order valence-electron chi connectivity index (χ4n) is 2.73. The first-order valence-corrected chi connectivity index (χ1v) is 7.93. The third-order valence-corrected chi connectivity index (χ3v) is 4.39. The van der Waals surface area contributed by atoms with Crippen molar-refractivity contribution < 1.29 is 19.1 Å². The predicted octanol–water partition coefficient (Wildman–Crippen LogP) is 3.55. The van der Waals surface area contributed by atoms with Crippen LogP contribution in [0.15, 0.2) is 45.3 Å². The van der Waals surface area contributed by atoms with Crippen molar-refractivity contribution in [3.8, 4) is 0 Å². The van der Waals surface area contributed by atoms with Gasteiger partial charge >= 0.3 is 0 Å². The molecule has 0 aromatic carbocycles. The van der Waals surface area contributed by atoms with Gasteiger partial charge in [-0.1, -0.05) is 0 Å². The summed E-state index contributed by atoms with van der Waals surface area (Å²) < 4.78 is 5.05. The third-order valence-electron chi connectivity index (χ3n) is 4.39. The number of rotatable bonds is 6. The van der Waals surface area contributed by atoms with Crippen LogP contribution in [0.4, 0.5) is 0 Å². The van der Waals surface area contributed by atoms with E-state index in [1.54, 1.807) is 40.2 Å². The molecule has 4 heteroatoms. The van der Waals surface area contributed by atoms with Crippen molar-refractivity contribution in [3.63, 3.8) is 0 Å². The van der Waals surface area contributed by atoms with Crippen LogP contribution in [0.5, 0.6) is 0 Å². The average Bonchev–Trinajstić information content (AvgIpc) is 2.98.